The maximum atomic E-state index is 4.42. The molecule has 72 valence electrons. The van der Waals surface area contributed by atoms with E-state index in [0.717, 1.165) is 23.1 Å². The normalized spacial score (nSPS) is 10.1. The third-order valence-corrected chi connectivity index (χ3v) is 2.52. The fraction of sp³-hybridized carbons (Fsp3) is 0.200. The molecule has 0 radical (unpaired) electrons. The van der Waals surface area contributed by atoms with Crippen molar-refractivity contribution in [3.63, 3.8) is 0 Å². The topological polar surface area (TPSA) is 37.8 Å². The largest absolute Gasteiger partial charge is 0.316 e. The van der Waals surface area contributed by atoms with Crippen LogP contribution in [0, 0.1) is 0 Å². The molecule has 3 nitrogen and oxygen atoms in total. The molecule has 0 spiro atoms. The molecule has 0 unspecified atom stereocenters. The first-order valence-corrected chi connectivity index (χ1v) is 5.39. The van der Waals surface area contributed by atoms with Crippen LogP contribution in [0.3, 0.4) is 0 Å². The van der Waals surface area contributed by atoms with Crippen molar-refractivity contribution in [3.8, 4) is 0 Å². The molecule has 14 heavy (non-hydrogen) atoms. The fourth-order valence-corrected chi connectivity index (χ4v) is 1.68. The number of rotatable bonds is 3. The van der Waals surface area contributed by atoms with Crippen LogP contribution < -0.4 is 5.32 Å². The molecule has 2 aromatic rings. The number of hydrogen-bond donors (Lipinski definition) is 1. The summed E-state index contributed by atoms with van der Waals surface area (Å²) in [6.45, 7) is 2.09. The summed E-state index contributed by atoms with van der Waals surface area (Å²) >= 11 is 1.57. The smallest absolute Gasteiger partial charge is 0.188 e. The van der Waals surface area contributed by atoms with Crippen LogP contribution in [0.25, 0.3) is 0 Å². The van der Waals surface area contributed by atoms with Gasteiger partial charge in [-0.2, -0.15) is 0 Å². The summed E-state index contributed by atoms with van der Waals surface area (Å²) < 4.78 is 0. The Balaban J connectivity index is 2.17. The SMILES string of the molecule is CCc1cccc(Nc2nccs2)n1. The van der Waals surface area contributed by atoms with E-state index in [2.05, 4.69) is 22.2 Å². The van der Waals surface area contributed by atoms with Gasteiger partial charge in [0.1, 0.15) is 5.82 Å². The molecule has 0 aliphatic carbocycles. The second-order valence-electron chi connectivity index (χ2n) is 2.83. The summed E-state index contributed by atoms with van der Waals surface area (Å²) in [5.74, 6) is 0.860. The number of aromatic nitrogens is 2. The average molecular weight is 205 g/mol. The van der Waals surface area contributed by atoms with Crippen molar-refractivity contribution in [1.29, 1.82) is 0 Å². The number of nitrogens with one attached hydrogen (secondary N) is 1. The molecule has 2 aromatic heterocycles. The molecule has 0 aromatic carbocycles. The third-order valence-electron chi connectivity index (χ3n) is 1.84. The summed E-state index contributed by atoms with van der Waals surface area (Å²) in [6, 6.07) is 5.97. The number of hydrogen-bond acceptors (Lipinski definition) is 4. The van der Waals surface area contributed by atoms with E-state index in [-0.39, 0.29) is 0 Å². The van der Waals surface area contributed by atoms with Gasteiger partial charge in [0.05, 0.1) is 0 Å². The Morgan fingerprint density at radius 2 is 2.36 bits per heavy atom. The van der Waals surface area contributed by atoms with Gasteiger partial charge in [-0.3, -0.25) is 0 Å². The average Bonchev–Trinajstić information content (AvgIpc) is 2.71. The Labute approximate surface area is 86.8 Å². The van der Waals surface area contributed by atoms with Crippen LogP contribution in [-0.2, 0) is 6.42 Å². The second-order valence-corrected chi connectivity index (χ2v) is 3.72. The lowest BCUT2D eigenvalue weighted by Crippen LogP contribution is -1.95. The Morgan fingerprint density at radius 3 is 3.07 bits per heavy atom. The summed E-state index contributed by atoms with van der Waals surface area (Å²) in [5.41, 5.74) is 1.09. The number of pyridine rings is 1. The lowest BCUT2D eigenvalue weighted by molar-refractivity contribution is 1.04. The van der Waals surface area contributed by atoms with Gasteiger partial charge in [0.2, 0.25) is 0 Å². The molecule has 0 fully saturated rings. The minimum atomic E-state index is 0.860. The Morgan fingerprint density at radius 1 is 1.43 bits per heavy atom. The van der Waals surface area contributed by atoms with Gasteiger partial charge in [0, 0.05) is 17.3 Å². The van der Waals surface area contributed by atoms with Crippen molar-refractivity contribution in [2.24, 2.45) is 0 Å². The molecule has 1 N–H and O–H groups in total. The first-order chi connectivity index (χ1) is 6.88. The molecule has 2 rings (SSSR count). The molecule has 0 saturated heterocycles. The van der Waals surface area contributed by atoms with Crippen LogP contribution in [0.4, 0.5) is 10.9 Å². The van der Waals surface area contributed by atoms with E-state index >= 15 is 0 Å². The van der Waals surface area contributed by atoms with Gasteiger partial charge in [-0.05, 0) is 18.6 Å². The van der Waals surface area contributed by atoms with Crippen molar-refractivity contribution in [2.75, 3.05) is 5.32 Å². The highest BCUT2D eigenvalue weighted by Crippen LogP contribution is 2.16. The van der Waals surface area contributed by atoms with Crippen LogP contribution in [0.15, 0.2) is 29.8 Å². The zero-order valence-corrected chi connectivity index (χ0v) is 8.71. The highest BCUT2D eigenvalue weighted by Gasteiger charge is 1.98. The van der Waals surface area contributed by atoms with Crippen molar-refractivity contribution in [3.05, 3.63) is 35.5 Å². The highest BCUT2D eigenvalue weighted by atomic mass is 32.1. The highest BCUT2D eigenvalue weighted by molar-refractivity contribution is 7.13. The third kappa shape index (κ3) is 2.09. The van der Waals surface area contributed by atoms with Gasteiger partial charge >= 0.3 is 0 Å². The van der Waals surface area contributed by atoms with Crippen LogP contribution in [0.2, 0.25) is 0 Å². The van der Waals surface area contributed by atoms with E-state index in [0.29, 0.717) is 0 Å². The summed E-state index contributed by atoms with van der Waals surface area (Å²) in [4.78, 5) is 8.56. The Kier molecular flexibility index (Phi) is 2.74. The predicted molar refractivity (Wildman–Crippen MR) is 59.0 cm³/mol. The van der Waals surface area contributed by atoms with Crippen molar-refractivity contribution in [1.82, 2.24) is 9.97 Å². The van der Waals surface area contributed by atoms with Gasteiger partial charge in [-0.1, -0.05) is 13.0 Å². The zero-order chi connectivity index (χ0) is 9.80. The van der Waals surface area contributed by atoms with E-state index in [9.17, 15) is 0 Å². The molecule has 0 atom stereocenters. The standard InChI is InChI=1S/C10H11N3S/c1-2-8-4-3-5-9(12-8)13-10-11-6-7-14-10/h3-7H,2H2,1H3,(H,11,12,13). The maximum absolute atomic E-state index is 4.42. The number of aryl methyl sites for hydroxylation is 1. The predicted octanol–water partition coefficient (Wildman–Crippen LogP) is 2.84. The molecule has 2 heterocycles. The molecule has 0 aliphatic heterocycles. The molecular formula is C10H11N3S. The van der Waals surface area contributed by atoms with E-state index < -0.39 is 0 Å². The minimum absolute atomic E-state index is 0.860. The molecule has 0 saturated carbocycles. The van der Waals surface area contributed by atoms with E-state index in [1.54, 1.807) is 17.5 Å². The minimum Gasteiger partial charge on any atom is -0.316 e. The Hall–Kier alpha value is -1.42. The van der Waals surface area contributed by atoms with Crippen LogP contribution in [0.5, 0.6) is 0 Å². The van der Waals surface area contributed by atoms with Crippen LogP contribution in [-0.4, -0.2) is 9.97 Å². The summed E-state index contributed by atoms with van der Waals surface area (Å²) in [6.07, 6.45) is 2.73. The molecule has 0 bridgehead atoms. The van der Waals surface area contributed by atoms with Gasteiger partial charge < -0.3 is 5.32 Å². The monoisotopic (exact) mass is 205 g/mol. The number of nitrogens with zero attached hydrogens (tertiary/aromatic N) is 2. The molecule has 0 aliphatic rings. The van der Waals surface area contributed by atoms with E-state index in [4.69, 9.17) is 0 Å². The summed E-state index contributed by atoms with van der Waals surface area (Å²) in [5, 5.41) is 5.97. The van der Waals surface area contributed by atoms with Crippen molar-refractivity contribution in [2.45, 2.75) is 13.3 Å². The van der Waals surface area contributed by atoms with Gasteiger partial charge in [0.15, 0.2) is 5.13 Å². The van der Waals surface area contributed by atoms with Gasteiger partial charge in [-0.25, -0.2) is 9.97 Å². The second kappa shape index (κ2) is 4.19. The molecular weight excluding hydrogens is 194 g/mol. The lowest BCUT2D eigenvalue weighted by atomic mass is 10.3. The molecule has 4 heteroatoms. The van der Waals surface area contributed by atoms with Gasteiger partial charge in [0.25, 0.3) is 0 Å². The number of anilines is 2. The Bertz CT molecular complexity index is 398. The molecule has 0 amide bonds. The van der Waals surface area contributed by atoms with Crippen LogP contribution >= 0.6 is 11.3 Å². The van der Waals surface area contributed by atoms with Crippen molar-refractivity contribution < 1.29 is 0 Å². The first-order valence-electron chi connectivity index (χ1n) is 4.51. The lowest BCUT2D eigenvalue weighted by Gasteiger charge is -2.02. The summed E-state index contributed by atoms with van der Waals surface area (Å²) in [7, 11) is 0. The van der Waals surface area contributed by atoms with E-state index in [1.807, 2.05) is 23.6 Å². The van der Waals surface area contributed by atoms with Crippen LogP contribution in [0.1, 0.15) is 12.6 Å². The van der Waals surface area contributed by atoms with Gasteiger partial charge in [-0.15, -0.1) is 11.3 Å². The fourth-order valence-electron chi connectivity index (χ4n) is 1.14. The quantitative estimate of drug-likeness (QED) is 0.837. The number of thiazole rings is 1. The van der Waals surface area contributed by atoms with E-state index in [1.165, 1.54) is 0 Å². The first kappa shape index (κ1) is 9.15. The van der Waals surface area contributed by atoms with Crippen molar-refractivity contribution >= 4 is 22.3 Å². The maximum Gasteiger partial charge on any atom is 0.188 e. The zero-order valence-electron chi connectivity index (χ0n) is 7.90.